The number of halogens is 2. The molecule has 2 N–H and O–H groups in total. The lowest BCUT2D eigenvalue weighted by Gasteiger charge is -2.32. The van der Waals surface area contributed by atoms with Crippen LogP contribution in [0.3, 0.4) is 0 Å². The number of hydrogen-bond acceptors (Lipinski definition) is 9. The van der Waals surface area contributed by atoms with Gasteiger partial charge in [-0.1, -0.05) is 35.3 Å². The number of benzene rings is 1. The number of methoxy groups -OCH3 is 1. The van der Waals surface area contributed by atoms with Crippen molar-refractivity contribution in [2.45, 2.75) is 26.4 Å². The van der Waals surface area contributed by atoms with Crippen LogP contribution in [0.2, 0.25) is 10.0 Å². The lowest BCUT2D eigenvalue weighted by Crippen LogP contribution is -2.37. The maximum Gasteiger partial charge on any atom is 0.336 e. The van der Waals surface area contributed by atoms with Crippen LogP contribution < -0.4 is 11.3 Å². The first kappa shape index (κ1) is 27.4. The van der Waals surface area contributed by atoms with Crippen LogP contribution in [0.1, 0.15) is 31.0 Å². The van der Waals surface area contributed by atoms with E-state index < -0.39 is 23.8 Å². The molecule has 0 saturated heterocycles. The van der Waals surface area contributed by atoms with E-state index in [0.29, 0.717) is 17.0 Å². The van der Waals surface area contributed by atoms with Gasteiger partial charge in [0.05, 0.1) is 53.9 Å². The second-order valence-corrected chi connectivity index (χ2v) is 8.74. The van der Waals surface area contributed by atoms with Gasteiger partial charge in [0.1, 0.15) is 5.92 Å². The normalized spacial score (nSPS) is 17.6. The van der Waals surface area contributed by atoms with E-state index in [4.69, 9.17) is 43.1 Å². The predicted molar refractivity (Wildman–Crippen MR) is 135 cm³/mol. The number of carbonyl (C=O) groups is 2. The number of anilines is 1. The number of nitrogen functional groups attached to an aromatic ring is 1. The van der Waals surface area contributed by atoms with Crippen LogP contribution >= 0.6 is 23.2 Å². The van der Waals surface area contributed by atoms with Crippen molar-refractivity contribution >= 4 is 46.8 Å². The molecule has 2 atom stereocenters. The second-order valence-electron chi connectivity index (χ2n) is 7.95. The Morgan fingerprint density at radius 3 is 2.58 bits per heavy atom. The molecule has 0 saturated carbocycles. The highest BCUT2D eigenvalue weighted by atomic mass is 35.5. The average molecular weight is 537 g/mol. The minimum atomic E-state index is -0.951. The molecule has 2 aromatic rings. The van der Waals surface area contributed by atoms with Crippen molar-refractivity contribution in [1.29, 1.82) is 0 Å². The van der Waals surface area contributed by atoms with Gasteiger partial charge in [-0.3, -0.25) is 19.1 Å². The monoisotopic (exact) mass is 536 g/mol. The first-order valence-electron chi connectivity index (χ1n) is 11.0. The minimum Gasteiger partial charge on any atom is -0.468 e. The summed E-state index contributed by atoms with van der Waals surface area (Å²) in [7, 11) is 2.76. The molecule has 0 bridgehead atoms. The molecule has 0 aliphatic carbocycles. The van der Waals surface area contributed by atoms with Gasteiger partial charge in [0.15, 0.2) is 0 Å². The maximum atomic E-state index is 13.2. The van der Waals surface area contributed by atoms with E-state index in [-0.39, 0.29) is 52.6 Å². The summed E-state index contributed by atoms with van der Waals surface area (Å²) in [6.45, 7) is 3.19. The zero-order valence-corrected chi connectivity index (χ0v) is 21.7. The van der Waals surface area contributed by atoms with E-state index in [1.807, 2.05) is 0 Å². The Kier molecular flexibility index (Phi) is 8.89. The van der Waals surface area contributed by atoms with Gasteiger partial charge in [-0.25, -0.2) is 9.78 Å². The Morgan fingerprint density at radius 2 is 1.94 bits per heavy atom. The van der Waals surface area contributed by atoms with Gasteiger partial charge in [0, 0.05) is 24.7 Å². The Labute approximate surface area is 217 Å². The van der Waals surface area contributed by atoms with Crippen LogP contribution in [-0.2, 0) is 37.5 Å². The Balaban J connectivity index is 2.08. The highest BCUT2D eigenvalue weighted by Gasteiger charge is 2.44. The van der Waals surface area contributed by atoms with E-state index >= 15 is 0 Å². The van der Waals surface area contributed by atoms with Crippen molar-refractivity contribution in [3.63, 3.8) is 0 Å². The Morgan fingerprint density at radius 1 is 1.22 bits per heavy atom. The summed E-state index contributed by atoms with van der Waals surface area (Å²) in [6.07, 6.45) is 0. The summed E-state index contributed by atoms with van der Waals surface area (Å²) < 4.78 is 17.3. The highest BCUT2D eigenvalue weighted by Crippen LogP contribution is 2.44. The van der Waals surface area contributed by atoms with Crippen LogP contribution in [-0.4, -0.2) is 47.5 Å². The van der Waals surface area contributed by atoms with E-state index in [1.54, 1.807) is 32.0 Å². The summed E-state index contributed by atoms with van der Waals surface area (Å²) in [5.41, 5.74) is 6.90. The van der Waals surface area contributed by atoms with Crippen LogP contribution in [0.25, 0.3) is 0 Å². The molecule has 1 aromatic heterocycles. The van der Waals surface area contributed by atoms with Crippen molar-refractivity contribution in [1.82, 2.24) is 9.55 Å². The molecule has 12 heteroatoms. The molecular weight excluding hydrogens is 511 g/mol. The molecule has 2 heterocycles. The summed E-state index contributed by atoms with van der Waals surface area (Å²) >= 11 is 12.8. The number of esters is 2. The Bertz CT molecular complexity index is 1300. The topological polar surface area (TPSA) is 135 Å². The van der Waals surface area contributed by atoms with Gasteiger partial charge in [0.25, 0.3) is 5.56 Å². The molecule has 0 fully saturated rings. The standard InChI is InChI=1S/C24H26Cl2N4O6/c1-5-36-23(33)20-16(11-35-10-13-9-17(31)30(3)24(27)29-13)28-12(2)18(22(32)34-4)19(20)14-7-6-8-15(25)21(14)26/h6-9,18-19H,5,10-11H2,1-4H3,(H2,27,29). The fraction of sp³-hybridized carbons (Fsp3) is 0.375. The smallest absolute Gasteiger partial charge is 0.336 e. The third-order valence-electron chi connectivity index (χ3n) is 5.69. The van der Waals surface area contributed by atoms with Crippen LogP contribution in [0.5, 0.6) is 0 Å². The largest absolute Gasteiger partial charge is 0.468 e. The van der Waals surface area contributed by atoms with E-state index in [1.165, 1.54) is 24.8 Å². The molecule has 36 heavy (non-hydrogen) atoms. The van der Waals surface area contributed by atoms with E-state index in [9.17, 15) is 14.4 Å². The van der Waals surface area contributed by atoms with Crippen molar-refractivity contribution in [3.05, 3.63) is 67.2 Å². The third kappa shape index (κ3) is 5.61. The molecule has 1 aliphatic heterocycles. The lowest BCUT2D eigenvalue weighted by atomic mass is 9.75. The fourth-order valence-electron chi connectivity index (χ4n) is 3.96. The van der Waals surface area contributed by atoms with E-state index in [2.05, 4.69) is 9.98 Å². The number of aromatic nitrogens is 2. The first-order chi connectivity index (χ1) is 17.1. The quantitative estimate of drug-likeness (QED) is 0.508. The number of aliphatic imine (C=N–C) groups is 1. The van der Waals surface area contributed by atoms with Gasteiger partial charge in [-0.05, 0) is 25.5 Å². The Hall–Kier alpha value is -3.21. The number of hydrogen-bond donors (Lipinski definition) is 1. The van der Waals surface area contributed by atoms with Gasteiger partial charge in [0.2, 0.25) is 5.95 Å². The average Bonchev–Trinajstić information content (AvgIpc) is 2.83. The fourth-order valence-corrected chi connectivity index (χ4v) is 4.38. The zero-order valence-electron chi connectivity index (χ0n) is 20.2. The molecule has 0 amide bonds. The maximum absolute atomic E-state index is 13.2. The van der Waals surface area contributed by atoms with Gasteiger partial charge in [-0.2, -0.15) is 0 Å². The van der Waals surface area contributed by atoms with E-state index in [0.717, 1.165) is 0 Å². The molecule has 0 spiro atoms. The zero-order chi connectivity index (χ0) is 26.6. The van der Waals surface area contributed by atoms with Crippen molar-refractivity contribution in [2.24, 2.45) is 18.0 Å². The molecule has 0 radical (unpaired) electrons. The molecule has 1 aromatic carbocycles. The summed E-state index contributed by atoms with van der Waals surface area (Å²) in [4.78, 5) is 46.7. The number of carbonyl (C=O) groups excluding carboxylic acids is 2. The molecule has 3 rings (SSSR count). The SMILES string of the molecule is CCOC(=O)C1=C(COCc2cc(=O)n(C)c(N)n2)N=C(C)C(C(=O)OC)C1c1cccc(Cl)c1Cl. The number of nitrogens with zero attached hydrogens (tertiary/aromatic N) is 3. The highest BCUT2D eigenvalue weighted by molar-refractivity contribution is 6.42. The van der Waals surface area contributed by atoms with Crippen molar-refractivity contribution < 1.29 is 23.8 Å². The van der Waals surface area contributed by atoms with Crippen molar-refractivity contribution in [2.75, 3.05) is 26.1 Å². The summed E-state index contributed by atoms with van der Waals surface area (Å²) in [6, 6.07) is 6.25. The van der Waals surface area contributed by atoms with Crippen molar-refractivity contribution in [3.8, 4) is 0 Å². The van der Waals surface area contributed by atoms with Crippen LogP contribution in [0, 0.1) is 5.92 Å². The lowest BCUT2D eigenvalue weighted by molar-refractivity contribution is -0.144. The molecule has 10 nitrogen and oxygen atoms in total. The minimum absolute atomic E-state index is 0.0376. The second kappa shape index (κ2) is 11.7. The van der Waals surface area contributed by atoms with Gasteiger partial charge >= 0.3 is 11.9 Å². The molecular formula is C24H26Cl2N4O6. The van der Waals surface area contributed by atoms with Crippen LogP contribution in [0.15, 0.2) is 45.3 Å². The number of nitrogens with two attached hydrogens (primary N) is 1. The first-order valence-corrected chi connectivity index (χ1v) is 11.7. The predicted octanol–water partition coefficient (Wildman–Crippen LogP) is 3.05. The summed E-state index contributed by atoms with van der Waals surface area (Å²) in [5, 5.41) is 0.447. The number of ether oxygens (including phenoxy) is 3. The molecule has 192 valence electrons. The summed E-state index contributed by atoms with van der Waals surface area (Å²) in [5.74, 6) is -3.09. The van der Waals surface area contributed by atoms with Crippen LogP contribution in [0.4, 0.5) is 5.95 Å². The third-order valence-corrected chi connectivity index (χ3v) is 6.53. The van der Waals surface area contributed by atoms with Gasteiger partial charge in [-0.15, -0.1) is 0 Å². The number of rotatable bonds is 8. The molecule has 1 aliphatic rings. The van der Waals surface area contributed by atoms with Gasteiger partial charge < -0.3 is 19.9 Å². The molecule has 2 unspecified atom stereocenters.